The topological polar surface area (TPSA) is 38.7 Å². The van der Waals surface area contributed by atoms with Gasteiger partial charge in [-0.3, -0.25) is 4.98 Å². The fraction of sp³-hybridized carbons (Fsp3) is 0.308. The van der Waals surface area contributed by atoms with Crippen LogP contribution in [-0.2, 0) is 5.41 Å². The van der Waals surface area contributed by atoms with Gasteiger partial charge in [0.05, 0.1) is 9.26 Å². The van der Waals surface area contributed by atoms with E-state index in [1.54, 1.807) is 6.20 Å². The van der Waals surface area contributed by atoms with Crippen molar-refractivity contribution in [1.82, 2.24) is 15.0 Å². The molecule has 19 heavy (non-hydrogen) atoms. The van der Waals surface area contributed by atoms with E-state index in [4.69, 9.17) is 11.6 Å². The SMILES string of the molecule is CC(C)(C)c1nc(-c2ccc(Br)cn2)nc(Cl)c1I. The molecule has 0 radical (unpaired) electrons. The largest absolute Gasteiger partial charge is 0.252 e. The fourth-order valence-electron chi connectivity index (χ4n) is 1.54. The Balaban J connectivity index is 2.60. The normalized spacial score (nSPS) is 11.7. The molecule has 0 N–H and O–H groups in total. The minimum absolute atomic E-state index is 0.0901. The summed E-state index contributed by atoms with van der Waals surface area (Å²) in [6, 6.07) is 3.78. The molecule has 0 atom stereocenters. The van der Waals surface area contributed by atoms with Gasteiger partial charge >= 0.3 is 0 Å². The summed E-state index contributed by atoms with van der Waals surface area (Å²) in [5.74, 6) is 0.558. The average molecular weight is 453 g/mol. The monoisotopic (exact) mass is 451 g/mol. The minimum atomic E-state index is -0.0901. The smallest absolute Gasteiger partial charge is 0.179 e. The molecule has 0 saturated heterocycles. The number of pyridine rings is 1. The lowest BCUT2D eigenvalue weighted by atomic mass is 9.92. The van der Waals surface area contributed by atoms with E-state index >= 15 is 0 Å². The highest BCUT2D eigenvalue weighted by molar-refractivity contribution is 14.1. The molecule has 0 aliphatic carbocycles. The molecule has 2 rings (SSSR count). The Labute approximate surface area is 139 Å². The standard InChI is InChI=1S/C13H12BrClIN3/c1-13(2,3)10-9(16)11(15)19-12(18-10)8-5-4-7(14)6-17-8/h4-6H,1-3H3. The summed E-state index contributed by atoms with van der Waals surface area (Å²) in [6.07, 6.45) is 1.72. The maximum Gasteiger partial charge on any atom is 0.179 e. The highest BCUT2D eigenvalue weighted by Crippen LogP contribution is 2.31. The highest BCUT2D eigenvalue weighted by atomic mass is 127. The van der Waals surface area contributed by atoms with Gasteiger partial charge in [-0.15, -0.1) is 0 Å². The molecule has 3 nitrogen and oxygen atoms in total. The number of nitrogens with zero attached hydrogens (tertiary/aromatic N) is 3. The number of halogens is 3. The van der Waals surface area contributed by atoms with Crippen molar-refractivity contribution in [1.29, 1.82) is 0 Å². The van der Waals surface area contributed by atoms with Crippen LogP contribution in [0.15, 0.2) is 22.8 Å². The average Bonchev–Trinajstić information content (AvgIpc) is 2.32. The molecule has 0 aliphatic rings. The zero-order chi connectivity index (χ0) is 14.2. The van der Waals surface area contributed by atoms with E-state index in [1.807, 2.05) is 12.1 Å². The van der Waals surface area contributed by atoms with Crippen LogP contribution in [0.4, 0.5) is 0 Å². The molecule has 0 bridgehead atoms. The van der Waals surface area contributed by atoms with Crippen LogP contribution in [0, 0.1) is 3.57 Å². The molecule has 0 fully saturated rings. The van der Waals surface area contributed by atoms with Crippen LogP contribution in [0.1, 0.15) is 26.5 Å². The fourth-order valence-corrected chi connectivity index (χ4v) is 2.99. The molecular formula is C13H12BrClIN3. The van der Waals surface area contributed by atoms with Crippen molar-refractivity contribution in [3.8, 4) is 11.5 Å². The Morgan fingerprint density at radius 2 is 1.89 bits per heavy atom. The lowest BCUT2D eigenvalue weighted by Gasteiger charge is -2.20. The molecule has 2 aromatic heterocycles. The molecule has 0 aliphatic heterocycles. The van der Waals surface area contributed by atoms with Crippen molar-refractivity contribution in [2.45, 2.75) is 26.2 Å². The number of aromatic nitrogens is 3. The third-order valence-corrected chi connectivity index (χ3v) is 4.56. The molecule has 2 heterocycles. The van der Waals surface area contributed by atoms with E-state index in [2.05, 4.69) is 74.2 Å². The van der Waals surface area contributed by atoms with Gasteiger partial charge in [0.15, 0.2) is 5.82 Å². The van der Waals surface area contributed by atoms with Gasteiger partial charge in [-0.2, -0.15) is 0 Å². The first kappa shape index (κ1) is 15.1. The number of rotatable bonds is 1. The maximum atomic E-state index is 6.21. The van der Waals surface area contributed by atoms with Gasteiger partial charge in [0.1, 0.15) is 10.8 Å². The van der Waals surface area contributed by atoms with Crippen molar-refractivity contribution in [3.05, 3.63) is 37.2 Å². The molecule has 0 aromatic carbocycles. The Morgan fingerprint density at radius 1 is 1.21 bits per heavy atom. The molecule has 0 spiro atoms. The van der Waals surface area contributed by atoms with Crippen molar-refractivity contribution in [2.24, 2.45) is 0 Å². The van der Waals surface area contributed by atoms with Crippen LogP contribution in [-0.4, -0.2) is 15.0 Å². The van der Waals surface area contributed by atoms with Crippen molar-refractivity contribution < 1.29 is 0 Å². The van der Waals surface area contributed by atoms with Crippen LogP contribution in [0.25, 0.3) is 11.5 Å². The predicted molar refractivity (Wildman–Crippen MR) is 89.4 cm³/mol. The van der Waals surface area contributed by atoms with Gasteiger partial charge in [-0.05, 0) is 50.7 Å². The first-order valence-electron chi connectivity index (χ1n) is 5.64. The lowest BCUT2D eigenvalue weighted by Crippen LogP contribution is -2.17. The summed E-state index contributed by atoms with van der Waals surface area (Å²) in [6.45, 7) is 6.31. The van der Waals surface area contributed by atoms with Gasteiger partial charge in [0.25, 0.3) is 0 Å². The molecule has 0 unspecified atom stereocenters. The summed E-state index contributed by atoms with van der Waals surface area (Å²) < 4.78 is 1.82. The van der Waals surface area contributed by atoms with Crippen LogP contribution in [0.5, 0.6) is 0 Å². The molecular weight excluding hydrogens is 440 g/mol. The van der Waals surface area contributed by atoms with E-state index in [9.17, 15) is 0 Å². The van der Waals surface area contributed by atoms with Crippen LogP contribution >= 0.6 is 50.1 Å². The summed E-state index contributed by atoms with van der Waals surface area (Å²) in [7, 11) is 0. The van der Waals surface area contributed by atoms with Crippen molar-refractivity contribution in [2.75, 3.05) is 0 Å². The highest BCUT2D eigenvalue weighted by Gasteiger charge is 2.23. The second kappa shape index (κ2) is 5.61. The summed E-state index contributed by atoms with van der Waals surface area (Å²) in [5.41, 5.74) is 1.56. The Hall–Kier alpha value is -0.270. The summed E-state index contributed by atoms with van der Waals surface area (Å²) in [5, 5.41) is 0.472. The molecule has 0 amide bonds. The van der Waals surface area contributed by atoms with E-state index in [-0.39, 0.29) is 5.41 Å². The zero-order valence-corrected chi connectivity index (χ0v) is 15.2. The van der Waals surface area contributed by atoms with Gasteiger partial charge in [0.2, 0.25) is 0 Å². The van der Waals surface area contributed by atoms with E-state index < -0.39 is 0 Å². The van der Waals surface area contributed by atoms with Crippen molar-refractivity contribution in [3.63, 3.8) is 0 Å². The molecule has 100 valence electrons. The first-order chi connectivity index (χ1) is 8.79. The Morgan fingerprint density at radius 3 is 2.42 bits per heavy atom. The lowest BCUT2D eigenvalue weighted by molar-refractivity contribution is 0.563. The predicted octanol–water partition coefficient (Wildman–Crippen LogP) is 4.86. The third kappa shape index (κ3) is 3.44. The summed E-state index contributed by atoms with van der Waals surface area (Å²) >= 11 is 11.8. The molecule has 0 saturated carbocycles. The first-order valence-corrected chi connectivity index (χ1v) is 7.89. The second-order valence-corrected chi connectivity index (χ2v) is 7.46. The van der Waals surface area contributed by atoms with E-state index in [0.717, 1.165) is 13.7 Å². The van der Waals surface area contributed by atoms with E-state index in [1.165, 1.54) is 0 Å². The van der Waals surface area contributed by atoms with Gasteiger partial charge in [-0.1, -0.05) is 32.4 Å². The number of hydrogen-bond acceptors (Lipinski definition) is 3. The quantitative estimate of drug-likeness (QED) is 0.458. The Bertz CT molecular complexity index is 609. The van der Waals surface area contributed by atoms with E-state index in [0.29, 0.717) is 16.7 Å². The van der Waals surface area contributed by atoms with Crippen LogP contribution in [0.3, 0.4) is 0 Å². The van der Waals surface area contributed by atoms with Crippen molar-refractivity contribution >= 4 is 50.1 Å². The zero-order valence-electron chi connectivity index (χ0n) is 10.7. The van der Waals surface area contributed by atoms with Crippen LogP contribution < -0.4 is 0 Å². The third-order valence-electron chi connectivity index (χ3n) is 2.48. The Kier molecular flexibility index (Phi) is 4.47. The van der Waals surface area contributed by atoms with Crippen LogP contribution in [0.2, 0.25) is 5.15 Å². The molecule has 6 heteroatoms. The molecule has 2 aromatic rings. The second-order valence-electron chi connectivity index (χ2n) is 5.11. The summed E-state index contributed by atoms with van der Waals surface area (Å²) in [4.78, 5) is 13.2. The van der Waals surface area contributed by atoms with Gasteiger partial charge < -0.3 is 0 Å². The maximum absolute atomic E-state index is 6.21. The van der Waals surface area contributed by atoms with Gasteiger partial charge in [-0.25, -0.2) is 9.97 Å². The number of hydrogen-bond donors (Lipinski definition) is 0. The minimum Gasteiger partial charge on any atom is -0.252 e. The van der Waals surface area contributed by atoms with Gasteiger partial charge in [0, 0.05) is 16.1 Å².